The second-order valence-electron chi connectivity index (χ2n) is 12.0. The third-order valence-corrected chi connectivity index (χ3v) is 8.11. The second-order valence-corrected chi connectivity index (χ2v) is 12.0. The fraction of sp³-hybridized carbons (Fsp3) is 0.641. The molecule has 0 aromatic heterocycles. The molecular formula is C39H62O2. The van der Waals surface area contributed by atoms with Crippen molar-refractivity contribution in [2.24, 2.45) is 0 Å². The van der Waals surface area contributed by atoms with Crippen molar-refractivity contribution in [2.45, 2.75) is 149 Å². The van der Waals surface area contributed by atoms with Crippen LogP contribution in [0.15, 0.2) is 48.5 Å². The molecule has 0 aliphatic heterocycles. The Morgan fingerprint density at radius 3 is 1.20 bits per heavy atom. The number of ether oxygens (including phenoxy) is 2. The van der Waals surface area contributed by atoms with Gasteiger partial charge in [0.05, 0.1) is 13.2 Å². The van der Waals surface area contributed by atoms with Crippen LogP contribution in [-0.2, 0) is 0 Å². The van der Waals surface area contributed by atoms with Crippen molar-refractivity contribution in [2.75, 3.05) is 13.2 Å². The first-order valence-corrected chi connectivity index (χ1v) is 17.4. The Labute approximate surface area is 254 Å². The zero-order valence-corrected chi connectivity index (χ0v) is 27.1. The number of benzene rings is 2. The summed E-state index contributed by atoms with van der Waals surface area (Å²) in [5, 5.41) is 0. The van der Waals surface area contributed by atoms with E-state index in [9.17, 15) is 0 Å². The number of hydrogen-bond donors (Lipinski definition) is 0. The molecule has 0 saturated carbocycles. The van der Waals surface area contributed by atoms with Gasteiger partial charge in [-0.05, 0) is 60.7 Å². The van der Waals surface area contributed by atoms with E-state index in [0.717, 1.165) is 37.6 Å². The SMILES string of the molecule is CCCCCCCCCCCCOc1ccc(C=C(C)c2ccc(OCCCCCCCCCCCC)cc2)cc1. The van der Waals surface area contributed by atoms with Crippen LogP contribution < -0.4 is 9.47 Å². The molecule has 0 heterocycles. The molecule has 0 aliphatic carbocycles. The molecule has 2 heteroatoms. The highest BCUT2D eigenvalue weighted by Gasteiger charge is 2.01. The van der Waals surface area contributed by atoms with Gasteiger partial charge in [-0.1, -0.05) is 160 Å². The number of allylic oxidation sites excluding steroid dienone is 1. The van der Waals surface area contributed by atoms with Gasteiger partial charge in [-0.3, -0.25) is 0 Å². The van der Waals surface area contributed by atoms with Gasteiger partial charge < -0.3 is 9.47 Å². The van der Waals surface area contributed by atoms with Crippen LogP contribution >= 0.6 is 0 Å². The first-order chi connectivity index (χ1) is 20.2. The topological polar surface area (TPSA) is 18.5 Å². The Balaban J connectivity index is 1.56. The summed E-state index contributed by atoms with van der Waals surface area (Å²) < 4.78 is 12.0. The smallest absolute Gasteiger partial charge is 0.119 e. The highest BCUT2D eigenvalue weighted by Crippen LogP contribution is 2.23. The summed E-state index contributed by atoms with van der Waals surface area (Å²) in [4.78, 5) is 0. The largest absolute Gasteiger partial charge is 0.494 e. The van der Waals surface area contributed by atoms with Crippen LogP contribution in [0.3, 0.4) is 0 Å². The van der Waals surface area contributed by atoms with Crippen molar-refractivity contribution in [1.29, 1.82) is 0 Å². The van der Waals surface area contributed by atoms with E-state index in [4.69, 9.17) is 9.47 Å². The van der Waals surface area contributed by atoms with Gasteiger partial charge >= 0.3 is 0 Å². The van der Waals surface area contributed by atoms with E-state index >= 15 is 0 Å². The zero-order valence-electron chi connectivity index (χ0n) is 27.1. The van der Waals surface area contributed by atoms with Crippen molar-refractivity contribution in [1.82, 2.24) is 0 Å². The Hall–Kier alpha value is -2.22. The summed E-state index contributed by atoms with van der Waals surface area (Å²) in [7, 11) is 0. The van der Waals surface area contributed by atoms with E-state index in [0.29, 0.717) is 0 Å². The first-order valence-electron chi connectivity index (χ1n) is 17.4. The lowest BCUT2D eigenvalue weighted by atomic mass is 10.0. The monoisotopic (exact) mass is 562 g/mol. The lowest BCUT2D eigenvalue weighted by Gasteiger charge is -2.09. The molecule has 230 valence electrons. The van der Waals surface area contributed by atoms with Gasteiger partial charge in [-0.25, -0.2) is 0 Å². The van der Waals surface area contributed by atoms with Crippen LogP contribution in [-0.4, -0.2) is 13.2 Å². The van der Waals surface area contributed by atoms with Crippen molar-refractivity contribution < 1.29 is 9.47 Å². The van der Waals surface area contributed by atoms with Crippen molar-refractivity contribution in [3.05, 3.63) is 59.7 Å². The van der Waals surface area contributed by atoms with Crippen LogP contribution in [0.4, 0.5) is 0 Å². The fourth-order valence-corrected chi connectivity index (χ4v) is 5.37. The molecule has 2 nitrogen and oxygen atoms in total. The van der Waals surface area contributed by atoms with Gasteiger partial charge in [0, 0.05) is 0 Å². The number of hydrogen-bond acceptors (Lipinski definition) is 2. The molecule has 0 radical (unpaired) electrons. The number of unbranched alkanes of at least 4 members (excludes halogenated alkanes) is 18. The lowest BCUT2D eigenvalue weighted by Crippen LogP contribution is -1.97. The van der Waals surface area contributed by atoms with E-state index in [1.807, 2.05) is 0 Å². The third kappa shape index (κ3) is 18.0. The van der Waals surface area contributed by atoms with Crippen LogP contribution in [0, 0.1) is 0 Å². The second kappa shape index (κ2) is 24.4. The molecule has 0 aliphatic rings. The molecule has 0 spiro atoms. The van der Waals surface area contributed by atoms with Gasteiger partial charge in [0.25, 0.3) is 0 Å². The summed E-state index contributed by atoms with van der Waals surface area (Å²) in [5.41, 5.74) is 3.69. The van der Waals surface area contributed by atoms with Crippen LogP contribution in [0.5, 0.6) is 11.5 Å². The average Bonchev–Trinajstić information content (AvgIpc) is 2.99. The van der Waals surface area contributed by atoms with Crippen molar-refractivity contribution >= 4 is 11.6 Å². The molecule has 0 fully saturated rings. The fourth-order valence-electron chi connectivity index (χ4n) is 5.37. The van der Waals surface area contributed by atoms with Gasteiger partial charge in [0.2, 0.25) is 0 Å². The Morgan fingerprint density at radius 1 is 0.463 bits per heavy atom. The Morgan fingerprint density at radius 2 is 0.805 bits per heavy atom. The maximum Gasteiger partial charge on any atom is 0.119 e. The number of rotatable bonds is 26. The predicted octanol–water partition coefficient (Wildman–Crippen LogP) is 12.8. The van der Waals surface area contributed by atoms with E-state index < -0.39 is 0 Å². The van der Waals surface area contributed by atoms with E-state index in [1.165, 1.54) is 132 Å². The highest BCUT2D eigenvalue weighted by atomic mass is 16.5. The summed E-state index contributed by atoms with van der Waals surface area (Å²) >= 11 is 0. The van der Waals surface area contributed by atoms with E-state index in [1.54, 1.807) is 0 Å². The first kappa shape index (κ1) is 35.0. The van der Waals surface area contributed by atoms with Crippen LogP contribution in [0.25, 0.3) is 11.6 Å². The lowest BCUT2D eigenvalue weighted by molar-refractivity contribution is 0.304. The molecule has 2 rings (SSSR count). The van der Waals surface area contributed by atoms with Crippen molar-refractivity contribution in [3.8, 4) is 11.5 Å². The Kier molecular flexibility index (Phi) is 20.8. The van der Waals surface area contributed by atoms with E-state index in [-0.39, 0.29) is 0 Å². The van der Waals surface area contributed by atoms with Gasteiger partial charge in [-0.15, -0.1) is 0 Å². The van der Waals surface area contributed by atoms with Gasteiger partial charge in [0.1, 0.15) is 11.5 Å². The average molecular weight is 563 g/mol. The summed E-state index contributed by atoms with van der Waals surface area (Å²) in [6.45, 7) is 8.38. The van der Waals surface area contributed by atoms with Crippen LogP contribution in [0.2, 0.25) is 0 Å². The summed E-state index contributed by atoms with van der Waals surface area (Å²) in [6.07, 6.45) is 29.3. The molecule has 0 saturated heterocycles. The predicted molar refractivity (Wildman–Crippen MR) is 181 cm³/mol. The Bertz CT molecular complexity index is 881. The molecule has 41 heavy (non-hydrogen) atoms. The molecule has 2 aromatic rings. The third-order valence-electron chi connectivity index (χ3n) is 8.11. The molecule has 0 N–H and O–H groups in total. The standard InChI is InChI=1S/C39H62O2/c1-4-6-8-10-12-14-16-18-20-22-32-40-38-28-24-36(25-29-38)34-35(3)37-26-30-39(31-27-37)41-33-23-21-19-17-15-13-11-9-7-5-2/h24-31,34H,4-23,32-33H2,1-3H3. The normalized spacial score (nSPS) is 11.6. The molecule has 2 aromatic carbocycles. The molecular weight excluding hydrogens is 500 g/mol. The summed E-state index contributed by atoms with van der Waals surface area (Å²) in [5.74, 6) is 1.95. The molecule has 0 bridgehead atoms. The summed E-state index contributed by atoms with van der Waals surface area (Å²) in [6, 6.07) is 17.1. The minimum atomic E-state index is 0.818. The molecule has 0 amide bonds. The maximum absolute atomic E-state index is 5.99. The quantitative estimate of drug-likeness (QED) is 0.0838. The molecule has 0 unspecified atom stereocenters. The van der Waals surface area contributed by atoms with Gasteiger partial charge in [-0.2, -0.15) is 0 Å². The van der Waals surface area contributed by atoms with Gasteiger partial charge in [0.15, 0.2) is 0 Å². The molecule has 0 atom stereocenters. The minimum absolute atomic E-state index is 0.818. The van der Waals surface area contributed by atoms with Crippen LogP contribution in [0.1, 0.15) is 160 Å². The zero-order chi connectivity index (χ0) is 29.2. The van der Waals surface area contributed by atoms with Crippen molar-refractivity contribution in [3.63, 3.8) is 0 Å². The van der Waals surface area contributed by atoms with E-state index in [2.05, 4.69) is 75.4 Å². The highest BCUT2D eigenvalue weighted by molar-refractivity contribution is 5.80. The maximum atomic E-state index is 5.99. The minimum Gasteiger partial charge on any atom is -0.494 e.